The second kappa shape index (κ2) is 8.63. The summed E-state index contributed by atoms with van der Waals surface area (Å²) in [5.74, 6) is -0.397. The molecule has 30 heavy (non-hydrogen) atoms. The molecule has 0 aliphatic rings. The Morgan fingerprint density at radius 2 is 1.77 bits per heavy atom. The molecule has 4 rings (SSSR count). The minimum absolute atomic E-state index is 0.177. The summed E-state index contributed by atoms with van der Waals surface area (Å²) in [4.78, 5) is 24.3. The molecule has 0 saturated heterocycles. The molecule has 0 bridgehead atoms. The molecule has 0 atom stereocenters. The van der Waals surface area contributed by atoms with Gasteiger partial charge in [-0.15, -0.1) is 0 Å². The maximum atomic E-state index is 12.2. The van der Waals surface area contributed by atoms with Gasteiger partial charge in [0.2, 0.25) is 0 Å². The topological polar surface area (TPSA) is 80.9 Å². The zero-order valence-corrected chi connectivity index (χ0v) is 16.3. The summed E-state index contributed by atoms with van der Waals surface area (Å²) in [5, 5.41) is 5.23. The number of halogens is 1. The van der Waals surface area contributed by atoms with Crippen LogP contribution in [0.3, 0.4) is 0 Å². The summed E-state index contributed by atoms with van der Waals surface area (Å²) in [6.07, 6.45) is 1.48. The lowest BCUT2D eigenvalue weighted by Gasteiger charge is -2.05. The first-order chi connectivity index (χ1) is 14.6. The third-order valence-electron chi connectivity index (χ3n) is 4.18. The van der Waals surface area contributed by atoms with Crippen molar-refractivity contribution in [3.63, 3.8) is 0 Å². The van der Waals surface area contributed by atoms with E-state index in [-0.39, 0.29) is 5.76 Å². The molecule has 4 aromatic rings. The van der Waals surface area contributed by atoms with Crippen molar-refractivity contribution < 1.29 is 18.7 Å². The van der Waals surface area contributed by atoms with Gasteiger partial charge in [0.05, 0.1) is 11.8 Å². The highest BCUT2D eigenvalue weighted by Gasteiger charge is 2.11. The highest BCUT2D eigenvalue weighted by Crippen LogP contribution is 2.19. The minimum atomic E-state index is -0.503. The lowest BCUT2D eigenvalue weighted by atomic mass is 10.2. The number of rotatable bonds is 5. The number of hydrogen-bond acceptors (Lipinski definition) is 5. The first-order valence-electron chi connectivity index (χ1n) is 8.98. The van der Waals surface area contributed by atoms with Gasteiger partial charge in [-0.2, -0.15) is 5.10 Å². The number of amides is 1. The molecule has 1 N–H and O–H groups in total. The van der Waals surface area contributed by atoms with Crippen LogP contribution in [0.4, 0.5) is 0 Å². The molecular formula is C23H15ClN2O4. The Morgan fingerprint density at radius 1 is 0.967 bits per heavy atom. The molecule has 0 aliphatic carbocycles. The van der Waals surface area contributed by atoms with Gasteiger partial charge >= 0.3 is 11.9 Å². The van der Waals surface area contributed by atoms with E-state index in [2.05, 4.69) is 10.5 Å². The molecule has 1 heterocycles. The normalized spacial score (nSPS) is 11.0. The van der Waals surface area contributed by atoms with Crippen molar-refractivity contribution in [1.82, 2.24) is 5.43 Å². The summed E-state index contributed by atoms with van der Waals surface area (Å²) in [6, 6.07) is 22.2. The Kier molecular flexibility index (Phi) is 5.59. The van der Waals surface area contributed by atoms with Crippen LogP contribution in [0.15, 0.2) is 88.4 Å². The number of hydrazone groups is 1. The Hall–Kier alpha value is -3.90. The zero-order chi connectivity index (χ0) is 20.9. The number of nitrogens with zero attached hydrogens (tertiary/aromatic N) is 1. The molecule has 3 aromatic carbocycles. The first-order valence-corrected chi connectivity index (χ1v) is 9.36. The van der Waals surface area contributed by atoms with Crippen LogP contribution in [-0.2, 0) is 0 Å². The van der Waals surface area contributed by atoms with Gasteiger partial charge in [0, 0.05) is 10.4 Å². The van der Waals surface area contributed by atoms with Crippen LogP contribution in [0.2, 0.25) is 5.02 Å². The quantitative estimate of drug-likeness (QED) is 0.212. The summed E-state index contributed by atoms with van der Waals surface area (Å²) in [5.41, 5.74) is 4.13. The van der Waals surface area contributed by atoms with Gasteiger partial charge in [0.1, 0.15) is 11.3 Å². The van der Waals surface area contributed by atoms with Crippen molar-refractivity contribution in [3.05, 3.63) is 101 Å². The second-order valence-electron chi connectivity index (χ2n) is 6.32. The Bertz CT molecular complexity index is 1210. The number of nitrogens with one attached hydrogen (secondary N) is 1. The number of ether oxygens (including phenoxy) is 1. The van der Waals surface area contributed by atoms with Gasteiger partial charge in [-0.3, -0.25) is 4.79 Å². The molecule has 0 spiro atoms. The minimum Gasteiger partial charge on any atom is -0.451 e. The molecule has 148 valence electrons. The second-order valence-corrected chi connectivity index (χ2v) is 6.75. The fourth-order valence-electron chi connectivity index (χ4n) is 2.72. The number of fused-ring (bicyclic) bond motifs is 1. The van der Waals surface area contributed by atoms with Crippen molar-refractivity contribution >= 4 is 40.7 Å². The standard InChI is InChI=1S/C23H15ClN2O4/c24-18-6-3-5-17(12-18)23(28)29-19-10-8-15(9-11-19)14-25-26-22(27)21-13-16-4-1-2-7-20(16)30-21/h1-14H,(H,26,27)/b25-14+. The van der Waals surface area contributed by atoms with Crippen molar-refractivity contribution in [3.8, 4) is 5.75 Å². The van der Waals surface area contributed by atoms with Crippen LogP contribution < -0.4 is 10.2 Å². The molecule has 7 heteroatoms. The van der Waals surface area contributed by atoms with Crippen molar-refractivity contribution in [2.75, 3.05) is 0 Å². The van der Waals surface area contributed by atoms with Crippen LogP contribution in [-0.4, -0.2) is 18.1 Å². The van der Waals surface area contributed by atoms with Gasteiger partial charge in [-0.25, -0.2) is 10.2 Å². The molecule has 0 unspecified atom stereocenters. The number of benzene rings is 3. The van der Waals surface area contributed by atoms with E-state index in [0.717, 1.165) is 5.39 Å². The molecule has 0 aliphatic heterocycles. The van der Waals surface area contributed by atoms with Crippen molar-refractivity contribution in [2.45, 2.75) is 0 Å². The highest BCUT2D eigenvalue weighted by atomic mass is 35.5. The van der Waals surface area contributed by atoms with E-state index in [1.165, 1.54) is 12.3 Å². The van der Waals surface area contributed by atoms with Crippen LogP contribution in [0, 0.1) is 0 Å². The summed E-state index contributed by atoms with van der Waals surface area (Å²) in [6.45, 7) is 0. The predicted octanol–water partition coefficient (Wildman–Crippen LogP) is 5.07. The summed E-state index contributed by atoms with van der Waals surface area (Å²) < 4.78 is 10.8. The summed E-state index contributed by atoms with van der Waals surface area (Å²) >= 11 is 5.88. The fourth-order valence-corrected chi connectivity index (χ4v) is 2.91. The SMILES string of the molecule is O=C(Oc1ccc(/C=N/NC(=O)c2cc3ccccc3o2)cc1)c1cccc(Cl)c1. The molecule has 1 amide bonds. The molecular weight excluding hydrogens is 404 g/mol. The van der Waals surface area contributed by atoms with Crippen LogP contribution in [0.1, 0.15) is 26.5 Å². The number of carbonyl (C=O) groups is 2. The fraction of sp³-hybridized carbons (Fsp3) is 0. The lowest BCUT2D eigenvalue weighted by Crippen LogP contribution is -2.16. The van der Waals surface area contributed by atoms with E-state index in [9.17, 15) is 9.59 Å². The van der Waals surface area contributed by atoms with E-state index in [1.807, 2.05) is 18.2 Å². The smallest absolute Gasteiger partial charge is 0.343 e. The van der Waals surface area contributed by atoms with E-state index in [1.54, 1.807) is 54.6 Å². The van der Waals surface area contributed by atoms with Gasteiger partial charge in [-0.05, 0) is 60.2 Å². The largest absolute Gasteiger partial charge is 0.451 e. The average Bonchev–Trinajstić information content (AvgIpc) is 3.19. The zero-order valence-electron chi connectivity index (χ0n) is 15.5. The Morgan fingerprint density at radius 3 is 2.53 bits per heavy atom. The highest BCUT2D eigenvalue weighted by molar-refractivity contribution is 6.30. The van der Waals surface area contributed by atoms with E-state index < -0.39 is 11.9 Å². The van der Waals surface area contributed by atoms with Gasteiger partial charge in [0.15, 0.2) is 5.76 Å². The monoisotopic (exact) mass is 418 g/mol. The Labute approximate surface area is 176 Å². The number of para-hydroxylation sites is 1. The maximum Gasteiger partial charge on any atom is 0.343 e. The number of furan rings is 1. The lowest BCUT2D eigenvalue weighted by molar-refractivity contribution is 0.0734. The Balaban J connectivity index is 1.35. The van der Waals surface area contributed by atoms with Gasteiger partial charge in [-0.1, -0.05) is 35.9 Å². The molecule has 6 nitrogen and oxygen atoms in total. The molecule has 0 saturated carbocycles. The summed E-state index contributed by atoms with van der Waals surface area (Å²) in [7, 11) is 0. The van der Waals surface area contributed by atoms with Crippen molar-refractivity contribution in [2.24, 2.45) is 5.10 Å². The van der Waals surface area contributed by atoms with Crippen LogP contribution >= 0.6 is 11.6 Å². The maximum absolute atomic E-state index is 12.2. The third-order valence-corrected chi connectivity index (χ3v) is 4.42. The average molecular weight is 419 g/mol. The predicted molar refractivity (Wildman–Crippen MR) is 114 cm³/mol. The van der Waals surface area contributed by atoms with Crippen LogP contribution in [0.25, 0.3) is 11.0 Å². The number of carbonyl (C=O) groups excluding carboxylic acids is 2. The number of esters is 1. The molecule has 0 fully saturated rings. The van der Waals surface area contributed by atoms with E-state index >= 15 is 0 Å². The third kappa shape index (κ3) is 4.56. The van der Waals surface area contributed by atoms with Gasteiger partial charge in [0.25, 0.3) is 0 Å². The molecule has 0 radical (unpaired) electrons. The van der Waals surface area contributed by atoms with E-state index in [4.69, 9.17) is 20.8 Å². The van der Waals surface area contributed by atoms with Gasteiger partial charge < -0.3 is 9.15 Å². The number of hydrogen-bond donors (Lipinski definition) is 1. The van der Waals surface area contributed by atoms with E-state index in [0.29, 0.717) is 27.5 Å². The van der Waals surface area contributed by atoms with Crippen molar-refractivity contribution in [1.29, 1.82) is 0 Å². The molecule has 1 aromatic heterocycles. The van der Waals surface area contributed by atoms with Crippen LogP contribution in [0.5, 0.6) is 5.75 Å². The first kappa shape index (κ1) is 19.4.